The molecule has 0 aliphatic rings. The first-order valence-corrected chi connectivity index (χ1v) is 7.11. The van der Waals surface area contributed by atoms with Crippen LogP contribution in [0.3, 0.4) is 0 Å². The number of rotatable bonds is 1. The summed E-state index contributed by atoms with van der Waals surface area (Å²) in [6, 6.07) is 0. The van der Waals surface area contributed by atoms with Crippen LogP contribution in [0.1, 0.15) is 12.8 Å². The standard InChI is InChI=1S/C6H6IPS/c1-2-3-4-5-6-9(7)8/h1,8H,3-4H2/i8T. The normalized spacial score (nSPS) is 12.7. The van der Waals surface area contributed by atoms with Crippen LogP contribution in [0.25, 0.3) is 0 Å². The fraction of sp³-hybridized carbons (Fsp3) is 0.333. The summed E-state index contributed by atoms with van der Waals surface area (Å²) in [6.07, 6.45) is 6.50. The fourth-order valence-electron chi connectivity index (χ4n) is 0.245. The molecule has 0 fully saturated rings. The molecule has 9 heavy (non-hydrogen) atoms. The summed E-state index contributed by atoms with van der Waals surface area (Å²) in [6.45, 7) is 0. The maximum Gasteiger partial charge on any atom is 0.101 e. The molecule has 1 atom stereocenters. The molecule has 0 aliphatic carbocycles. The molecule has 0 radical (unpaired) electrons. The van der Waals surface area contributed by atoms with Gasteiger partial charge >= 0.3 is 0 Å². The van der Waals surface area contributed by atoms with Crippen molar-refractivity contribution in [2.75, 3.05) is 0 Å². The van der Waals surface area contributed by atoms with Gasteiger partial charge in [-0.25, -0.2) is 0 Å². The van der Waals surface area contributed by atoms with Gasteiger partial charge in [0.25, 0.3) is 0 Å². The Morgan fingerprint density at radius 2 is 2.56 bits per heavy atom. The van der Waals surface area contributed by atoms with E-state index < -0.39 is 0 Å². The van der Waals surface area contributed by atoms with Gasteiger partial charge in [-0.2, -0.15) is 0 Å². The van der Waals surface area contributed by atoms with E-state index in [1.165, 1.54) is 0 Å². The monoisotopic (exact) mass is 270 g/mol. The summed E-state index contributed by atoms with van der Waals surface area (Å²) in [7, 11) is 0.501. The molecule has 0 heterocycles. The number of hydrogen-bond acceptors (Lipinski definition) is 0. The summed E-state index contributed by atoms with van der Waals surface area (Å²) in [5, 5.41) is 2.94. The van der Waals surface area contributed by atoms with Crippen LogP contribution in [0.2, 0.25) is 0 Å². The van der Waals surface area contributed by atoms with Crippen molar-refractivity contribution in [2.45, 2.75) is 12.8 Å². The lowest BCUT2D eigenvalue weighted by atomic mass is 10.3. The van der Waals surface area contributed by atoms with Crippen molar-refractivity contribution in [1.29, 1.82) is 1.28 Å². The molecule has 0 saturated carbocycles. The highest BCUT2D eigenvalue weighted by atomic mass is 127. The van der Waals surface area contributed by atoms with Crippen LogP contribution in [0, 0.1) is 23.5 Å². The summed E-state index contributed by atoms with van der Waals surface area (Å²) in [4.78, 5) is 0. The predicted octanol–water partition coefficient (Wildman–Crippen LogP) is 2.39. The lowest BCUT2D eigenvalue weighted by Gasteiger charge is -1.77. The van der Waals surface area contributed by atoms with E-state index in [-0.39, 0.29) is 7.24 Å². The van der Waals surface area contributed by atoms with Crippen LogP contribution in [-0.2, 0) is 7.24 Å². The van der Waals surface area contributed by atoms with Gasteiger partial charge in [-0.05, 0) is 12.5 Å². The molecule has 1 unspecified atom stereocenters. The molecule has 0 nitrogen and oxygen atoms in total. The third-order valence-electron chi connectivity index (χ3n) is 0.551. The van der Waals surface area contributed by atoms with Crippen molar-refractivity contribution in [3.8, 4) is 23.5 Å². The summed E-state index contributed by atoms with van der Waals surface area (Å²) < 4.78 is 6.92. The summed E-state index contributed by atoms with van der Waals surface area (Å²) in [5.74, 6) is 5.43. The number of hydrogen-bond donors (Lipinski definition) is 0. The van der Waals surface area contributed by atoms with Gasteiger partial charge in [0.05, 0.1) is 0 Å². The van der Waals surface area contributed by atoms with Gasteiger partial charge < -0.3 is 0 Å². The van der Waals surface area contributed by atoms with E-state index in [1.807, 2.05) is 0 Å². The Balaban J connectivity index is 3.62. The molecule has 0 rings (SSSR count). The second-order valence-electron chi connectivity index (χ2n) is 1.22. The Bertz CT molecular complexity index is 220. The van der Waals surface area contributed by atoms with Gasteiger partial charge in [-0.1, -0.05) is 13.9 Å². The van der Waals surface area contributed by atoms with Crippen LogP contribution >= 0.6 is 29.2 Å². The topological polar surface area (TPSA) is 0 Å². The van der Waals surface area contributed by atoms with Crippen LogP contribution in [0.15, 0.2) is 0 Å². The fourth-order valence-corrected chi connectivity index (χ4v) is 1.13. The molecule has 0 amide bonds. The molecule has 0 N–H and O–H groups in total. The van der Waals surface area contributed by atoms with Crippen molar-refractivity contribution in [1.82, 2.24) is 0 Å². The van der Waals surface area contributed by atoms with Crippen molar-refractivity contribution in [3.63, 3.8) is 0 Å². The van der Waals surface area contributed by atoms with E-state index >= 15 is 0 Å². The van der Waals surface area contributed by atoms with Gasteiger partial charge in [0.1, 0.15) is 1.28 Å². The minimum Gasteiger partial charge on any atom is -0.120 e. The zero-order chi connectivity index (χ0) is 7.82. The van der Waals surface area contributed by atoms with Crippen LogP contribution < -0.4 is 0 Å². The van der Waals surface area contributed by atoms with E-state index in [4.69, 9.17) is 7.70 Å². The van der Waals surface area contributed by atoms with Gasteiger partial charge in [0.2, 0.25) is 0 Å². The lowest BCUT2D eigenvalue weighted by Crippen LogP contribution is -1.64. The third kappa shape index (κ3) is 8.50. The molecule has 0 aromatic heterocycles. The average Bonchev–Trinajstić information content (AvgIpc) is 1.98. The third-order valence-corrected chi connectivity index (χ3v) is 1.80. The highest BCUT2D eigenvalue weighted by molar-refractivity contribution is 14.2. The van der Waals surface area contributed by atoms with E-state index in [9.17, 15) is 0 Å². The predicted molar refractivity (Wildman–Crippen MR) is 55.5 cm³/mol. The van der Waals surface area contributed by atoms with E-state index in [1.54, 1.807) is 0 Å². The maximum absolute atomic E-state index is 6.92. The largest absolute Gasteiger partial charge is 0.120 e. The number of unbranched alkanes of at least 4 members (excludes halogenated alkanes) is 1. The molecular formula is C6H6IPS. The van der Waals surface area contributed by atoms with Gasteiger partial charge in [0.15, 0.2) is 0 Å². The molecular weight excluding hydrogens is 262 g/mol. The summed E-state index contributed by atoms with van der Waals surface area (Å²) in [5.41, 5.74) is 0. The highest BCUT2D eigenvalue weighted by Crippen LogP contribution is 1.98. The Morgan fingerprint density at radius 3 is 3.11 bits per heavy atom. The Kier molecular flexibility index (Phi) is 5.59. The van der Waals surface area contributed by atoms with E-state index in [0.717, 1.165) is 12.8 Å². The molecule has 48 valence electrons. The first-order valence-electron chi connectivity index (χ1n) is 2.73. The van der Waals surface area contributed by atoms with Crippen LogP contribution in [0.4, 0.5) is 0 Å². The Hall–Kier alpha value is 0.500. The van der Waals surface area contributed by atoms with Crippen molar-refractivity contribution < 1.29 is 0 Å². The first-order chi connectivity index (χ1) is 4.81. The zero-order valence-corrected chi connectivity index (χ0v) is 8.59. The lowest BCUT2D eigenvalue weighted by molar-refractivity contribution is 1.12. The smallest absolute Gasteiger partial charge is 0.101 e. The average molecular weight is 270 g/mol. The minimum absolute atomic E-state index is 0.101. The molecule has 3 heteroatoms. The van der Waals surface area contributed by atoms with Crippen LogP contribution in [-0.4, -0.2) is 1.28 Å². The number of terminal acetylenes is 1. The Labute approximate surface area is 73.9 Å². The molecule has 0 saturated heterocycles. The maximum atomic E-state index is 6.92. The zero-order valence-electron chi connectivity index (χ0n) is 5.72. The SMILES string of the molecule is [3H]P=S(I)C#CCCC#C. The minimum atomic E-state index is -0.101. The molecule has 0 aliphatic heterocycles. The summed E-state index contributed by atoms with van der Waals surface area (Å²) >= 11 is 2.16. The Morgan fingerprint density at radius 1 is 1.78 bits per heavy atom. The molecule has 0 aromatic rings. The molecule has 0 bridgehead atoms. The van der Waals surface area contributed by atoms with Gasteiger partial charge in [-0.15, -0.1) is 12.3 Å². The van der Waals surface area contributed by atoms with E-state index in [0.29, 0.717) is 7.96 Å². The van der Waals surface area contributed by atoms with E-state index in [2.05, 4.69) is 38.3 Å². The van der Waals surface area contributed by atoms with Gasteiger partial charge in [-0.3, -0.25) is 0 Å². The first kappa shape index (κ1) is 7.61. The van der Waals surface area contributed by atoms with Crippen molar-refractivity contribution in [2.24, 2.45) is 0 Å². The second kappa shape index (κ2) is 6.62. The van der Waals surface area contributed by atoms with Gasteiger partial charge in [0, 0.05) is 34.0 Å². The quantitative estimate of drug-likeness (QED) is 0.297. The van der Waals surface area contributed by atoms with Crippen molar-refractivity contribution in [3.05, 3.63) is 0 Å². The second-order valence-corrected chi connectivity index (χ2v) is 7.73. The molecule has 0 spiro atoms. The van der Waals surface area contributed by atoms with Crippen LogP contribution in [0.5, 0.6) is 0 Å². The highest BCUT2D eigenvalue weighted by Gasteiger charge is 1.73. The molecule has 0 aromatic carbocycles. The van der Waals surface area contributed by atoms with Crippen molar-refractivity contribution >= 4 is 36.4 Å². The number of halogens is 1.